The van der Waals surface area contributed by atoms with Crippen LogP contribution in [0.25, 0.3) is 0 Å². The van der Waals surface area contributed by atoms with E-state index in [1.54, 1.807) is 11.3 Å². The lowest BCUT2D eigenvalue weighted by atomic mass is 10.0. The fourth-order valence-corrected chi connectivity index (χ4v) is 2.35. The Labute approximate surface area is 83.6 Å². The maximum atomic E-state index is 6.23. The maximum absolute atomic E-state index is 6.23. The van der Waals surface area contributed by atoms with Crippen molar-refractivity contribution in [1.82, 2.24) is 0 Å². The van der Waals surface area contributed by atoms with Crippen LogP contribution in [0.5, 0.6) is 0 Å². The van der Waals surface area contributed by atoms with Crippen molar-refractivity contribution in [3.05, 3.63) is 22.4 Å². The van der Waals surface area contributed by atoms with E-state index < -0.39 is 0 Å². The van der Waals surface area contributed by atoms with Crippen molar-refractivity contribution in [3.8, 4) is 0 Å². The Kier molecular flexibility index (Phi) is 4.10. The minimum absolute atomic E-state index is 0.222. The summed E-state index contributed by atoms with van der Waals surface area (Å²) in [6.07, 6.45) is 2.31. The Balaban J connectivity index is 2.44. The highest BCUT2D eigenvalue weighted by Gasteiger charge is 2.11. The number of thiophene rings is 1. The van der Waals surface area contributed by atoms with E-state index >= 15 is 0 Å². The molecule has 1 aromatic heterocycles. The fraction of sp³-hybridized carbons (Fsp3) is 0.600. The Morgan fingerprint density at radius 1 is 1.58 bits per heavy atom. The van der Waals surface area contributed by atoms with Crippen LogP contribution in [0.4, 0.5) is 0 Å². The van der Waals surface area contributed by atoms with Crippen LogP contribution in [0.2, 0.25) is 0 Å². The predicted molar refractivity (Wildman–Crippen MR) is 57.0 cm³/mol. The molecule has 12 heavy (non-hydrogen) atoms. The lowest BCUT2D eigenvalue weighted by Crippen LogP contribution is -1.96. The molecule has 0 spiro atoms. The predicted octanol–water partition coefficient (Wildman–Crippen LogP) is 4.46. The molecule has 0 saturated heterocycles. The highest BCUT2D eigenvalue weighted by Crippen LogP contribution is 2.31. The van der Waals surface area contributed by atoms with Crippen molar-refractivity contribution in [2.24, 2.45) is 5.92 Å². The molecular formula is C10H15ClS. The molecule has 2 unspecified atom stereocenters. The minimum atomic E-state index is 0.222. The molecule has 68 valence electrons. The zero-order chi connectivity index (χ0) is 8.97. The molecule has 0 aromatic carbocycles. The normalized spacial score (nSPS) is 15.9. The molecule has 0 aliphatic rings. The first-order valence-electron chi connectivity index (χ1n) is 4.41. The summed E-state index contributed by atoms with van der Waals surface area (Å²) in [7, 11) is 0. The number of hydrogen-bond donors (Lipinski definition) is 0. The molecule has 1 rings (SSSR count). The topological polar surface area (TPSA) is 0 Å². The first-order valence-corrected chi connectivity index (χ1v) is 5.73. The van der Waals surface area contributed by atoms with Crippen LogP contribution in [0.3, 0.4) is 0 Å². The summed E-state index contributed by atoms with van der Waals surface area (Å²) in [4.78, 5) is 1.30. The van der Waals surface area contributed by atoms with Gasteiger partial charge in [0.05, 0.1) is 5.38 Å². The van der Waals surface area contributed by atoms with Gasteiger partial charge in [0.25, 0.3) is 0 Å². The molecule has 0 aliphatic heterocycles. The molecule has 0 nitrogen and oxygen atoms in total. The molecule has 1 heterocycles. The standard InChI is InChI=1S/C10H15ClS/c1-3-8(2)7-9(11)10-5-4-6-12-10/h4-6,8-9H,3,7H2,1-2H3. The summed E-state index contributed by atoms with van der Waals surface area (Å²) in [6, 6.07) is 4.18. The van der Waals surface area contributed by atoms with Crippen LogP contribution < -0.4 is 0 Å². The molecule has 2 heteroatoms. The minimum Gasteiger partial charge on any atom is -0.147 e. The maximum Gasteiger partial charge on any atom is 0.0681 e. The third-order valence-electron chi connectivity index (χ3n) is 2.16. The zero-order valence-electron chi connectivity index (χ0n) is 7.59. The Morgan fingerprint density at radius 2 is 2.33 bits per heavy atom. The first-order chi connectivity index (χ1) is 5.74. The van der Waals surface area contributed by atoms with E-state index in [4.69, 9.17) is 11.6 Å². The second kappa shape index (κ2) is 4.88. The second-order valence-corrected chi connectivity index (χ2v) is 4.74. The van der Waals surface area contributed by atoms with Gasteiger partial charge in [0.1, 0.15) is 0 Å². The van der Waals surface area contributed by atoms with Crippen LogP contribution in [0, 0.1) is 5.92 Å². The van der Waals surface area contributed by atoms with Crippen molar-refractivity contribution in [3.63, 3.8) is 0 Å². The fourth-order valence-electron chi connectivity index (χ4n) is 1.11. The summed E-state index contributed by atoms with van der Waals surface area (Å²) in [5, 5.41) is 2.31. The highest BCUT2D eigenvalue weighted by atomic mass is 35.5. The average molecular weight is 203 g/mol. The number of halogens is 1. The summed E-state index contributed by atoms with van der Waals surface area (Å²) >= 11 is 7.98. The number of rotatable bonds is 4. The van der Waals surface area contributed by atoms with Gasteiger partial charge in [-0.15, -0.1) is 22.9 Å². The molecule has 0 bridgehead atoms. The van der Waals surface area contributed by atoms with Crippen molar-refractivity contribution < 1.29 is 0 Å². The third kappa shape index (κ3) is 2.80. The van der Waals surface area contributed by atoms with Gasteiger partial charge in [0.2, 0.25) is 0 Å². The van der Waals surface area contributed by atoms with Crippen molar-refractivity contribution in [2.45, 2.75) is 32.1 Å². The first kappa shape index (κ1) is 10.1. The highest BCUT2D eigenvalue weighted by molar-refractivity contribution is 7.10. The van der Waals surface area contributed by atoms with Crippen molar-refractivity contribution in [1.29, 1.82) is 0 Å². The summed E-state index contributed by atoms with van der Waals surface area (Å²) in [5.74, 6) is 0.731. The van der Waals surface area contributed by atoms with E-state index in [-0.39, 0.29) is 5.38 Å². The summed E-state index contributed by atoms with van der Waals surface area (Å²) < 4.78 is 0. The molecule has 0 radical (unpaired) electrons. The largest absolute Gasteiger partial charge is 0.147 e. The molecule has 2 atom stereocenters. The van der Waals surface area contributed by atoms with E-state index in [1.165, 1.54) is 11.3 Å². The van der Waals surface area contributed by atoms with Gasteiger partial charge < -0.3 is 0 Å². The van der Waals surface area contributed by atoms with Crippen LogP contribution in [0.15, 0.2) is 17.5 Å². The molecule has 0 N–H and O–H groups in total. The van der Waals surface area contributed by atoms with Gasteiger partial charge in [-0.25, -0.2) is 0 Å². The Hall–Kier alpha value is -0.0100. The van der Waals surface area contributed by atoms with Gasteiger partial charge >= 0.3 is 0 Å². The van der Waals surface area contributed by atoms with Gasteiger partial charge in [0.15, 0.2) is 0 Å². The van der Waals surface area contributed by atoms with E-state index in [0.717, 1.165) is 12.3 Å². The Morgan fingerprint density at radius 3 is 2.83 bits per heavy atom. The molecule has 0 fully saturated rings. The Bertz CT molecular complexity index is 206. The van der Waals surface area contributed by atoms with Crippen molar-refractivity contribution >= 4 is 22.9 Å². The van der Waals surface area contributed by atoms with Gasteiger partial charge in [-0.1, -0.05) is 26.3 Å². The molecule has 1 aromatic rings. The second-order valence-electron chi connectivity index (χ2n) is 3.23. The van der Waals surface area contributed by atoms with Crippen LogP contribution in [-0.4, -0.2) is 0 Å². The van der Waals surface area contributed by atoms with E-state index in [2.05, 4.69) is 31.4 Å². The van der Waals surface area contributed by atoms with Crippen LogP contribution >= 0.6 is 22.9 Å². The van der Waals surface area contributed by atoms with Gasteiger partial charge in [-0.05, 0) is 23.8 Å². The van der Waals surface area contributed by atoms with Crippen LogP contribution in [-0.2, 0) is 0 Å². The van der Waals surface area contributed by atoms with Gasteiger partial charge in [0, 0.05) is 4.88 Å². The quantitative estimate of drug-likeness (QED) is 0.633. The van der Waals surface area contributed by atoms with E-state index in [1.807, 2.05) is 0 Å². The molecular weight excluding hydrogens is 188 g/mol. The molecule has 0 aliphatic carbocycles. The third-order valence-corrected chi connectivity index (χ3v) is 3.69. The number of alkyl halides is 1. The molecule has 0 saturated carbocycles. The van der Waals surface area contributed by atoms with Crippen LogP contribution in [0.1, 0.15) is 36.9 Å². The smallest absolute Gasteiger partial charge is 0.0681 e. The monoisotopic (exact) mass is 202 g/mol. The van der Waals surface area contributed by atoms with Crippen molar-refractivity contribution in [2.75, 3.05) is 0 Å². The molecule has 0 amide bonds. The zero-order valence-corrected chi connectivity index (χ0v) is 9.16. The lowest BCUT2D eigenvalue weighted by molar-refractivity contribution is 0.510. The van der Waals surface area contributed by atoms with Gasteiger partial charge in [-0.2, -0.15) is 0 Å². The number of hydrogen-bond acceptors (Lipinski definition) is 1. The average Bonchev–Trinajstić information content (AvgIpc) is 2.56. The van der Waals surface area contributed by atoms with E-state index in [9.17, 15) is 0 Å². The SMILES string of the molecule is CCC(C)CC(Cl)c1cccs1. The summed E-state index contributed by atoms with van der Waals surface area (Å²) in [5.41, 5.74) is 0. The lowest BCUT2D eigenvalue weighted by Gasteiger charge is -2.11. The van der Waals surface area contributed by atoms with E-state index in [0.29, 0.717) is 0 Å². The van der Waals surface area contributed by atoms with Gasteiger partial charge in [-0.3, -0.25) is 0 Å². The summed E-state index contributed by atoms with van der Waals surface area (Å²) in [6.45, 7) is 4.46.